The van der Waals surface area contributed by atoms with E-state index in [2.05, 4.69) is 5.10 Å². The van der Waals surface area contributed by atoms with Crippen LogP contribution in [0.1, 0.15) is 33.3 Å². The van der Waals surface area contributed by atoms with E-state index in [9.17, 15) is 8.78 Å². The Labute approximate surface area is 146 Å². The molecule has 0 bridgehead atoms. The Morgan fingerprint density at radius 3 is 2.40 bits per heavy atom. The summed E-state index contributed by atoms with van der Waals surface area (Å²) in [6.07, 6.45) is 4.70. The van der Waals surface area contributed by atoms with Gasteiger partial charge in [-0.2, -0.15) is 5.10 Å². The van der Waals surface area contributed by atoms with Gasteiger partial charge in [-0.1, -0.05) is 6.07 Å². The van der Waals surface area contributed by atoms with Crippen molar-refractivity contribution in [2.75, 3.05) is 0 Å². The molecule has 7 heteroatoms. The second-order valence-electron chi connectivity index (χ2n) is 7.25. The second kappa shape index (κ2) is 6.07. The molecule has 1 aliphatic heterocycles. The minimum Gasteiger partial charge on any atom is -0.398 e. The summed E-state index contributed by atoms with van der Waals surface area (Å²) in [5, 5.41) is 4.11. The lowest BCUT2D eigenvalue weighted by Gasteiger charge is -2.32. The highest BCUT2D eigenvalue weighted by molar-refractivity contribution is 6.54. The molecule has 0 amide bonds. The summed E-state index contributed by atoms with van der Waals surface area (Å²) in [5.41, 5.74) is -0.0280. The molecule has 0 atom stereocenters. The lowest BCUT2D eigenvalue weighted by atomic mass is 9.86. The van der Waals surface area contributed by atoms with Crippen LogP contribution in [0.4, 0.5) is 8.78 Å². The third-order valence-electron chi connectivity index (χ3n) is 4.80. The van der Waals surface area contributed by atoms with E-state index in [4.69, 9.17) is 9.31 Å². The van der Waals surface area contributed by atoms with Crippen LogP contribution in [0.3, 0.4) is 0 Å². The van der Waals surface area contributed by atoms with Crippen molar-refractivity contribution >= 4 is 13.2 Å². The smallest absolute Gasteiger partial charge is 0.398 e. The number of rotatable bonds is 3. The van der Waals surface area contributed by atoms with Crippen molar-refractivity contribution in [1.82, 2.24) is 9.78 Å². The minimum absolute atomic E-state index is 0.403. The Balaban J connectivity index is 1.97. The summed E-state index contributed by atoms with van der Waals surface area (Å²) < 4.78 is 41.5. The van der Waals surface area contributed by atoms with Crippen LogP contribution in [-0.2, 0) is 16.4 Å². The summed E-state index contributed by atoms with van der Waals surface area (Å²) >= 11 is 0. The third kappa shape index (κ3) is 3.39. The summed E-state index contributed by atoms with van der Waals surface area (Å²) in [6.45, 7) is 7.40. The summed E-state index contributed by atoms with van der Waals surface area (Å²) in [6, 6.07) is 4.23. The molecule has 2 aromatic rings. The van der Waals surface area contributed by atoms with Crippen molar-refractivity contribution in [3.63, 3.8) is 0 Å². The van der Waals surface area contributed by atoms with Gasteiger partial charge in [0.05, 0.1) is 17.4 Å². The second-order valence-corrected chi connectivity index (χ2v) is 7.25. The van der Waals surface area contributed by atoms with E-state index < -0.39 is 29.9 Å². The molecule has 132 valence electrons. The van der Waals surface area contributed by atoms with Gasteiger partial charge in [0.2, 0.25) is 0 Å². The van der Waals surface area contributed by atoms with Crippen molar-refractivity contribution in [1.29, 1.82) is 0 Å². The van der Waals surface area contributed by atoms with Gasteiger partial charge in [-0.15, -0.1) is 0 Å². The average Bonchev–Trinajstić information content (AvgIpc) is 3.00. The van der Waals surface area contributed by atoms with E-state index in [1.54, 1.807) is 30.2 Å². The highest BCUT2D eigenvalue weighted by atomic mass is 19.1. The highest BCUT2D eigenvalue weighted by Gasteiger charge is 2.53. The molecule has 1 saturated heterocycles. The van der Waals surface area contributed by atoms with Crippen molar-refractivity contribution in [2.45, 2.75) is 38.9 Å². The zero-order valence-electron chi connectivity index (χ0n) is 15.0. The maximum Gasteiger partial charge on any atom is 0.525 e. The molecule has 0 saturated carbocycles. The number of aromatic nitrogens is 2. The molecule has 2 heterocycles. The van der Waals surface area contributed by atoms with Gasteiger partial charge in [0.25, 0.3) is 0 Å². The first-order valence-corrected chi connectivity index (χ1v) is 8.10. The molecule has 0 spiro atoms. The monoisotopic (exact) mass is 346 g/mol. The van der Waals surface area contributed by atoms with Crippen molar-refractivity contribution in [3.8, 4) is 11.1 Å². The van der Waals surface area contributed by atoms with E-state index in [-0.39, 0.29) is 0 Å². The number of benzene rings is 1. The topological polar surface area (TPSA) is 36.3 Å². The first kappa shape index (κ1) is 17.8. The standard InChI is InChI=1S/C18H21BF2N2O2/c1-17(2)18(3,4)25-19(24-17)16(21)9-12-8-14(20)6-7-15(12)13-10-22-23(5)11-13/h6-11H,1-5H3. The predicted molar refractivity (Wildman–Crippen MR) is 93.8 cm³/mol. The maximum absolute atomic E-state index is 14.8. The van der Waals surface area contributed by atoms with Crippen LogP contribution < -0.4 is 0 Å². The maximum atomic E-state index is 14.8. The van der Waals surface area contributed by atoms with Crippen LogP contribution >= 0.6 is 0 Å². The summed E-state index contributed by atoms with van der Waals surface area (Å²) in [7, 11) is 0.669. The fraction of sp³-hybridized carbons (Fsp3) is 0.389. The average molecular weight is 346 g/mol. The largest absolute Gasteiger partial charge is 0.525 e. The first-order valence-electron chi connectivity index (χ1n) is 8.10. The lowest BCUT2D eigenvalue weighted by Crippen LogP contribution is -2.41. The molecule has 25 heavy (non-hydrogen) atoms. The fourth-order valence-electron chi connectivity index (χ4n) is 2.65. The molecule has 1 aliphatic rings. The molecule has 0 N–H and O–H groups in total. The third-order valence-corrected chi connectivity index (χ3v) is 4.80. The van der Waals surface area contributed by atoms with Crippen LogP contribution in [0.5, 0.6) is 0 Å². The van der Waals surface area contributed by atoms with Crippen LogP contribution in [-0.4, -0.2) is 28.1 Å². The zero-order chi connectivity index (χ0) is 18.4. The molecule has 4 nitrogen and oxygen atoms in total. The van der Waals surface area contributed by atoms with Gasteiger partial charge in [-0.3, -0.25) is 4.68 Å². The molecular weight excluding hydrogens is 325 g/mol. The Hall–Kier alpha value is -1.99. The van der Waals surface area contributed by atoms with Crippen LogP contribution in [0.15, 0.2) is 36.3 Å². The van der Waals surface area contributed by atoms with Gasteiger partial charge in [0.15, 0.2) is 0 Å². The predicted octanol–water partition coefficient (Wildman–Crippen LogP) is 4.17. The number of hydrogen-bond acceptors (Lipinski definition) is 3. The van der Waals surface area contributed by atoms with Gasteiger partial charge in [-0.25, -0.2) is 8.78 Å². The fourth-order valence-corrected chi connectivity index (χ4v) is 2.65. The van der Waals surface area contributed by atoms with Gasteiger partial charge in [0, 0.05) is 18.8 Å². The Morgan fingerprint density at radius 1 is 1.20 bits per heavy atom. The molecule has 0 aliphatic carbocycles. The number of nitrogens with zero attached hydrogens (tertiary/aromatic N) is 2. The zero-order valence-corrected chi connectivity index (χ0v) is 15.0. The summed E-state index contributed by atoms with van der Waals surface area (Å²) in [4.78, 5) is 0. The quantitative estimate of drug-likeness (QED) is 0.783. The van der Waals surface area contributed by atoms with Crippen LogP contribution in [0.2, 0.25) is 0 Å². The Morgan fingerprint density at radius 2 is 1.84 bits per heavy atom. The van der Waals surface area contributed by atoms with Crippen molar-refractivity contribution < 1.29 is 18.1 Å². The SMILES string of the molecule is Cn1cc(-c2ccc(F)cc2C=C(F)B2OC(C)(C)C(C)(C)O2)cn1. The highest BCUT2D eigenvalue weighted by Crippen LogP contribution is 2.39. The lowest BCUT2D eigenvalue weighted by molar-refractivity contribution is 0.00578. The number of aryl methyl sites for hydroxylation is 1. The minimum atomic E-state index is -1.12. The van der Waals surface area contributed by atoms with Crippen molar-refractivity contribution in [2.24, 2.45) is 7.05 Å². The van der Waals surface area contributed by atoms with E-state index in [1.165, 1.54) is 18.2 Å². The van der Waals surface area contributed by atoms with E-state index in [1.807, 2.05) is 27.7 Å². The molecule has 1 aromatic heterocycles. The van der Waals surface area contributed by atoms with Gasteiger partial charge < -0.3 is 9.31 Å². The molecule has 0 unspecified atom stereocenters. The number of hydrogen-bond donors (Lipinski definition) is 0. The molecular formula is C18H21BF2N2O2. The molecule has 3 rings (SSSR count). The van der Waals surface area contributed by atoms with Crippen LogP contribution in [0.25, 0.3) is 17.2 Å². The normalized spacial score (nSPS) is 19.5. The number of halogens is 2. The Bertz CT molecular complexity index is 814. The van der Waals surface area contributed by atoms with Crippen molar-refractivity contribution in [3.05, 3.63) is 47.7 Å². The van der Waals surface area contributed by atoms with E-state index >= 15 is 0 Å². The summed E-state index contributed by atoms with van der Waals surface area (Å²) in [5.74, 6) is -0.444. The Kier molecular flexibility index (Phi) is 4.33. The first-order chi connectivity index (χ1) is 11.6. The molecule has 1 aromatic carbocycles. The van der Waals surface area contributed by atoms with Crippen LogP contribution in [0, 0.1) is 5.82 Å². The van der Waals surface area contributed by atoms with E-state index in [0.717, 1.165) is 5.56 Å². The van der Waals surface area contributed by atoms with Gasteiger partial charge in [0.1, 0.15) is 11.5 Å². The van der Waals surface area contributed by atoms with Gasteiger partial charge in [-0.05, 0) is 57.0 Å². The molecule has 0 radical (unpaired) electrons. The van der Waals surface area contributed by atoms with Gasteiger partial charge >= 0.3 is 7.12 Å². The molecule has 1 fully saturated rings. The van der Waals surface area contributed by atoms with E-state index in [0.29, 0.717) is 11.1 Å².